The predicted octanol–water partition coefficient (Wildman–Crippen LogP) is 1.50. The first-order valence-electron chi connectivity index (χ1n) is 3.35. The Bertz CT molecular complexity index is 412. The van der Waals surface area contributed by atoms with Gasteiger partial charge in [0.05, 0.1) is 11.6 Å². The number of fused-ring (bicyclic) bond motifs is 1. The molecule has 0 aliphatic rings. The van der Waals surface area contributed by atoms with Gasteiger partial charge in [0, 0.05) is 6.07 Å². The molecule has 62 valence electrons. The Balaban J connectivity index is 2.82. The highest BCUT2D eigenvalue weighted by Crippen LogP contribution is 2.20. The van der Waals surface area contributed by atoms with Gasteiger partial charge in [0.15, 0.2) is 11.5 Å². The van der Waals surface area contributed by atoms with Crippen molar-refractivity contribution in [1.82, 2.24) is 14.6 Å². The van der Waals surface area contributed by atoms with Crippen molar-refractivity contribution in [3.05, 3.63) is 22.9 Å². The van der Waals surface area contributed by atoms with E-state index in [0.29, 0.717) is 0 Å². The minimum Gasteiger partial charge on any atom is -0.482 e. The number of ether oxygens (including phenoxy) is 1. The minimum atomic E-state index is 0.721. The Morgan fingerprint density at radius 2 is 2.33 bits per heavy atom. The van der Waals surface area contributed by atoms with E-state index in [1.807, 2.05) is 12.1 Å². The molecule has 2 aromatic rings. The summed E-state index contributed by atoms with van der Waals surface area (Å²) >= 11 is 3.36. The summed E-state index contributed by atoms with van der Waals surface area (Å²) in [6, 6.07) is 3.73. The van der Waals surface area contributed by atoms with Gasteiger partial charge >= 0.3 is 0 Å². The van der Waals surface area contributed by atoms with Gasteiger partial charge in [0.25, 0.3) is 0 Å². The van der Waals surface area contributed by atoms with E-state index in [-0.39, 0.29) is 0 Å². The van der Waals surface area contributed by atoms with E-state index < -0.39 is 0 Å². The highest BCUT2D eigenvalue weighted by atomic mass is 79.9. The van der Waals surface area contributed by atoms with Crippen molar-refractivity contribution in [2.75, 3.05) is 7.11 Å². The van der Waals surface area contributed by atoms with Gasteiger partial charge in [-0.2, -0.15) is 0 Å². The lowest BCUT2D eigenvalue weighted by molar-refractivity contribution is 0.392. The van der Waals surface area contributed by atoms with Crippen LogP contribution < -0.4 is 4.74 Å². The summed E-state index contributed by atoms with van der Waals surface area (Å²) in [6.45, 7) is 0. The number of nitrogens with zero attached hydrogens (tertiary/aromatic N) is 3. The summed E-state index contributed by atoms with van der Waals surface area (Å²) in [5.74, 6) is 0.721. The zero-order valence-electron chi connectivity index (χ0n) is 6.36. The van der Waals surface area contributed by atoms with Crippen molar-refractivity contribution < 1.29 is 4.74 Å². The predicted molar refractivity (Wildman–Crippen MR) is 47.2 cm³/mol. The molecule has 0 aromatic carbocycles. The molecule has 0 radical (unpaired) electrons. The third-order valence-electron chi connectivity index (χ3n) is 1.58. The third kappa shape index (κ3) is 0.972. The molecule has 0 saturated carbocycles. The Morgan fingerprint density at radius 1 is 1.50 bits per heavy atom. The molecule has 2 rings (SSSR count). The molecule has 2 aromatic heterocycles. The fraction of sp³-hybridized carbons (Fsp3) is 0.143. The largest absolute Gasteiger partial charge is 0.482 e. The Morgan fingerprint density at radius 3 is 3.08 bits per heavy atom. The van der Waals surface area contributed by atoms with Crippen molar-refractivity contribution in [1.29, 1.82) is 0 Å². The summed E-state index contributed by atoms with van der Waals surface area (Å²) in [7, 11) is 1.61. The number of halogens is 1. The highest BCUT2D eigenvalue weighted by molar-refractivity contribution is 9.10. The lowest BCUT2D eigenvalue weighted by Crippen LogP contribution is -1.92. The van der Waals surface area contributed by atoms with Crippen LogP contribution in [0.15, 0.2) is 22.9 Å². The van der Waals surface area contributed by atoms with E-state index in [1.165, 1.54) is 0 Å². The van der Waals surface area contributed by atoms with Crippen LogP contribution in [0, 0.1) is 0 Å². The van der Waals surface area contributed by atoms with Crippen LogP contribution >= 0.6 is 15.9 Å². The van der Waals surface area contributed by atoms with Crippen LogP contribution in [0.3, 0.4) is 0 Å². The summed E-state index contributed by atoms with van der Waals surface area (Å²) in [5.41, 5.74) is 0.759. The molecule has 4 nitrogen and oxygen atoms in total. The smallest absolute Gasteiger partial charge is 0.200 e. The molecule has 0 bridgehead atoms. The molecule has 0 unspecified atom stereocenters. The van der Waals surface area contributed by atoms with Gasteiger partial charge in [-0.05, 0) is 22.0 Å². The van der Waals surface area contributed by atoms with Crippen LogP contribution in [0.25, 0.3) is 5.65 Å². The molecule has 0 fully saturated rings. The second-order valence-corrected chi connectivity index (χ2v) is 3.10. The molecule has 2 heterocycles. The second kappa shape index (κ2) is 2.75. The summed E-state index contributed by atoms with van der Waals surface area (Å²) < 4.78 is 7.77. The van der Waals surface area contributed by atoms with Gasteiger partial charge in [-0.3, -0.25) is 4.40 Å². The molecule has 5 heteroatoms. The Kier molecular flexibility index (Phi) is 1.73. The first kappa shape index (κ1) is 7.54. The van der Waals surface area contributed by atoms with Gasteiger partial charge < -0.3 is 4.74 Å². The lowest BCUT2D eigenvalue weighted by Gasteiger charge is -2.02. The number of hydrogen-bond donors (Lipinski definition) is 0. The maximum absolute atomic E-state index is 5.10. The van der Waals surface area contributed by atoms with Crippen molar-refractivity contribution >= 4 is 21.6 Å². The average Bonchev–Trinajstić information content (AvgIpc) is 2.54. The van der Waals surface area contributed by atoms with Crippen molar-refractivity contribution in [3.63, 3.8) is 0 Å². The molecule has 0 atom stereocenters. The zero-order chi connectivity index (χ0) is 8.55. The molecular formula is C7H6BrN3O. The lowest BCUT2D eigenvalue weighted by atomic mass is 10.4. The van der Waals surface area contributed by atoms with Crippen LogP contribution in [-0.4, -0.2) is 21.7 Å². The van der Waals surface area contributed by atoms with Gasteiger partial charge in [-0.25, -0.2) is 0 Å². The summed E-state index contributed by atoms with van der Waals surface area (Å²) in [4.78, 5) is 0. The van der Waals surface area contributed by atoms with E-state index in [1.54, 1.807) is 17.8 Å². The second-order valence-electron chi connectivity index (χ2n) is 2.25. The fourth-order valence-corrected chi connectivity index (χ4v) is 1.43. The van der Waals surface area contributed by atoms with Crippen molar-refractivity contribution in [3.8, 4) is 5.88 Å². The summed E-state index contributed by atoms with van der Waals surface area (Å²) in [6.07, 6.45) is 1.61. The van der Waals surface area contributed by atoms with E-state index in [2.05, 4.69) is 26.1 Å². The number of methoxy groups -OCH3 is 1. The average molecular weight is 228 g/mol. The molecule has 0 aliphatic carbocycles. The molecule has 0 amide bonds. The van der Waals surface area contributed by atoms with Crippen LogP contribution in [0.2, 0.25) is 0 Å². The van der Waals surface area contributed by atoms with Crippen molar-refractivity contribution in [2.24, 2.45) is 0 Å². The Hall–Kier alpha value is -1.10. The molecule has 0 spiro atoms. The van der Waals surface area contributed by atoms with Gasteiger partial charge in [-0.1, -0.05) is 0 Å². The SMILES string of the molecule is COc1ccc(Br)c2nncn12. The first-order valence-corrected chi connectivity index (χ1v) is 4.14. The highest BCUT2D eigenvalue weighted by Gasteiger charge is 2.04. The van der Waals surface area contributed by atoms with Gasteiger partial charge in [0.1, 0.15) is 6.33 Å². The topological polar surface area (TPSA) is 39.4 Å². The molecule has 0 aliphatic heterocycles. The van der Waals surface area contributed by atoms with Crippen LogP contribution in [0.1, 0.15) is 0 Å². The van der Waals surface area contributed by atoms with Crippen LogP contribution in [0.4, 0.5) is 0 Å². The van der Waals surface area contributed by atoms with E-state index in [0.717, 1.165) is 16.0 Å². The maximum atomic E-state index is 5.10. The summed E-state index contributed by atoms with van der Waals surface area (Å²) in [5, 5.41) is 7.69. The van der Waals surface area contributed by atoms with Crippen LogP contribution in [0.5, 0.6) is 5.88 Å². The minimum absolute atomic E-state index is 0.721. The number of aromatic nitrogens is 3. The van der Waals surface area contributed by atoms with E-state index in [4.69, 9.17) is 4.74 Å². The monoisotopic (exact) mass is 227 g/mol. The maximum Gasteiger partial charge on any atom is 0.200 e. The number of hydrogen-bond acceptors (Lipinski definition) is 3. The fourth-order valence-electron chi connectivity index (χ4n) is 1.02. The number of pyridine rings is 1. The first-order chi connectivity index (χ1) is 5.83. The molecule has 0 N–H and O–H groups in total. The third-order valence-corrected chi connectivity index (χ3v) is 2.20. The van der Waals surface area contributed by atoms with E-state index >= 15 is 0 Å². The normalized spacial score (nSPS) is 10.5. The molecular weight excluding hydrogens is 222 g/mol. The van der Waals surface area contributed by atoms with Crippen LogP contribution in [-0.2, 0) is 0 Å². The van der Waals surface area contributed by atoms with Gasteiger partial charge in [0.2, 0.25) is 0 Å². The zero-order valence-corrected chi connectivity index (χ0v) is 7.95. The number of rotatable bonds is 1. The standard InChI is InChI=1S/C7H6BrN3O/c1-12-6-3-2-5(8)7-10-9-4-11(6)7/h2-4H,1H3. The van der Waals surface area contributed by atoms with E-state index in [9.17, 15) is 0 Å². The van der Waals surface area contributed by atoms with Crippen molar-refractivity contribution in [2.45, 2.75) is 0 Å². The molecule has 12 heavy (non-hydrogen) atoms. The molecule has 0 saturated heterocycles. The van der Waals surface area contributed by atoms with Gasteiger partial charge in [-0.15, -0.1) is 10.2 Å². The Labute approximate surface area is 77.3 Å². The quantitative estimate of drug-likeness (QED) is 0.742.